The SMILES string of the molecule is Cc1ccc(Cn2ncc3ccc(C(=O)N[C@H](C)c4ccc(C(C)C)cc4)cc32)cc1. The van der Waals surface area contributed by atoms with Crippen LogP contribution in [0.2, 0.25) is 0 Å². The monoisotopic (exact) mass is 411 g/mol. The van der Waals surface area contributed by atoms with Crippen molar-refractivity contribution in [3.63, 3.8) is 0 Å². The van der Waals surface area contributed by atoms with Crippen LogP contribution in [0.4, 0.5) is 0 Å². The molecular formula is C27H29N3O. The predicted octanol–water partition coefficient (Wildman–Crippen LogP) is 6.01. The largest absolute Gasteiger partial charge is 0.346 e. The van der Waals surface area contributed by atoms with E-state index in [9.17, 15) is 4.79 Å². The molecule has 1 amide bonds. The Morgan fingerprint density at radius 3 is 2.29 bits per heavy atom. The summed E-state index contributed by atoms with van der Waals surface area (Å²) in [6.45, 7) is 9.13. The predicted molar refractivity (Wildman–Crippen MR) is 126 cm³/mol. The Balaban J connectivity index is 1.52. The zero-order chi connectivity index (χ0) is 22.0. The summed E-state index contributed by atoms with van der Waals surface area (Å²) in [4.78, 5) is 12.9. The topological polar surface area (TPSA) is 46.9 Å². The van der Waals surface area contributed by atoms with Gasteiger partial charge < -0.3 is 5.32 Å². The summed E-state index contributed by atoms with van der Waals surface area (Å²) in [6, 6.07) is 22.6. The molecule has 4 aromatic rings. The number of benzene rings is 3. The number of hydrogen-bond donors (Lipinski definition) is 1. The molecule has 0 aliphatic carbocycles. The molecule has 3 aromatic carbocycles. The van der Waals surface area contributed by atoms with Gasteiger partial charge in [0, 0.05) is 10.9 Å². The molecule has 0 fully saturated rings. The maximum absolute atomic E-state index is 12.9. The van der Waals surface area contributed by atoms with E-state index < -0.39 is 0 Å². The number of fused-ring (bicyclic) bond motifs is 1. The van der Waals surface area contributed by atoms with Gasteiger partial charge in [-0.15, -0.1) is 0 Å². The molecule has 1 aromatic heterocycles. The fourth-order valence-corrected chi connectivity index (χ4v) is 3.74. The van der Waals surface area contributed by atoms with Crippen molar-refractivity contribution in [3.8, 4) is 0 Å². The number of amides is 1. The Bertz CT molecular complexity index is 1190. The zero-order valence-corrected chi connectivity index (χ0v) is 18.6. The van der Waals surface area contributed by atoms with Gasteiger partial charge in [0.05, 0.1) is 24.3 Å². The van der Waals surface area contributed by atoms with Crippen LogP contribution in [0.25, 0.3) is 10.9 Å². The summed E-state index contributed by atoms with van der Waals surface area (Å²) in [7, 11) is 0. The van der Waals surface area contributed by atoms with Crippen molar-refractivity contribution in [1.29, 1.82) is 0 Å². The summed E-state index contributed by atoms with van der Waals surface area (Å²) in [5.41, 5.74) is 6.42. The molecule has 158 valence electrons. The lowest BCUT2D eigenvalue weighted by atomic mass is 9.99. The fraction of sp³-hybridized carbons (Fsp3) is 0.259. The number of aryl methyl sites for hydroxylation is 1. The van der Waals surface area contributed by atoms with Gasteiger partial charge in [0.25, 0.3) is 5.91 Å². The number of carbonyl (C=O) groups is 1. The van der Waals surface area contributed by atoms with Gasteiger partial charge in [-0.1, -0.05) is 74.0 Å². The van der Waals surface area contributed by atoms with E-state index in [1.54, 1.807) is 0 Å². The second-order valence-corrected chi connectivity index (χ2v) is 8.58. The molecule has 0 radical (unpaired) electrons. The van der Waals surface area contributed by atoms with Gasteiger partial charge in [-0.05, 0) is 48.6 Å². The molecule has 4 nitrogen and oxygen atoms in total. The van der Waals surface area contributed by atoms with E-state index in [1.165, 1.54) is 16.7 Å². The average Bonchev–Trinajstić information content (AvgIpc) is 3.17. The molecule has 1 heterocycles. The normalized spacial score (nSPS) is 12.3. The van der Waals surface area contributed by atoms with Crippen molar-refractivity contribution >= 4 is 16.8 Å². The van der Waals surface area contributed by atoms with Crippen LogP contribution in [0.1, 0.15) is 65.3 Å². The lowest BCUT2D eigenvalue weighted by Crippen LogP contribution is -2.26. The minimum atomic E-state index is -0.0783. The van der Waals surface area contributed by atoms with E-state index in [0.29, 0.717) is 18.0 Å². The van der Waals surface area contributed by atoms with Gasteiger partial charge in [-0.3, -0.25) is 9.48 Å². The maximum atomic E-state index is 12.9. The average molecular weight is 412 g/mol. The van der Waals surface area contributed by atoms with Gasteiger partial charge in [0.2, 0.25) is 0 Å². The zero-order valence-electron chi connectivity index (χ0n) is 18.6. The first-order valence-corrected chi connectivity index (χ1v) is 10.8. The molecule has 31 heavy (non-hydrogen) atoms. The van der Waals surface area contributed by atoms with Crippen molar-refractivity contribution in [2.45, 2.75) is 46.2 Å². The quantitative estimate of drug-likeness (QED) is 0.422. The maximum Gasteiger partial charge on any atom is 0.251 e. The third-order valence-electron chi connectivity index (χ3n) is 5.81. The van der Waals surface area contributed by atoms with E-state index in [-0.39, 0.29) is 11.9 Å². The summed E-state index contributed by atoms with van der Waals surface area (Å²) in [6.07, 6.45) is 1.85. The summed E-state index contributed by atoms with van der Waals surface area (Å²) < 4.78 is 1.95. The first-order valence-electron chi connectivity index (χ1n) is 10.8. The van der Waals surface area contributed by atoms with Crippen LogP contribution in [0.5, 0.6) is 0 Å². The van der Waals surface area contributed by atoms with E-state index in [2.05, 4.69) is 79.7 Å². The third-order valence-corrected chi connectivity index (χ3v) is 5.81. The smallest absolute Gasteiger partial charge is 0.251 e. The van der Waals surface area contributed by atoms with Crippen LogP contribution in [-0.4, -0.2) is 15.7 Å². The molecule has 4 heteroatoms. The number of aromatic nitrogens is 2. The van der Waals surface area contributed by atoms with Crippen LogP contribution in [-0.2, 0) is 6.54 Å². The van der Waals surface area contributed by atoms with Crippen LogP contribution in [0, 0.1) is 6.92 Å². The fourth-order valence-electron chi connectivity index (χ4n) is 3.74. The Labute approximate surface area is 183 Å². The van der Waals surface area contributed by atoms with E-state index >= 15 is 0 Å². The second-order valence-electron chi connectivity index (χ2n) is 8.58. The molecule has 0 saturated heterocycles. The number of nitrogens with one attached hydrogen (secondary N) is 1. The van der Waals surface area contributed by atoms with Crippen LogP contribution < -0.4 is 5.32 Å². The summed E-state index contributed by atoms with van der Waals surface area (Å²) >= 11 is 0. The van der Waals surface area contributed by atoms with E-state index in [1.807, 2.05) is 36.0 Å². The highest BCUT2D eigenvalue weighted by atomic mass is 16.1. The lowest BCUT2D eigenvalue weighted by molar-refractivity contribution is 0.0940. The first kappa shape index (κ1) is 20.9. The molecule has 1 atom stereocenters. The van der Waals surface area contributed by atoms with Gasteiger partial charge in [0.1, 0.15) is 0 Å². The second kappa shape index (κ2) is 8.76. The Hall–Kier alpha value is -3.40. The Kier molecular flexibility index (Phi) is 5.90. The number of rotatable bonds is 6. The van der Waals surface area contributed by atoms with Crippen molar-refractivity contribution < 1.29 is 4.79 Å². The molecule has 1 N–H and O–H groups in total. The van der Waals surface area contributed by atoms with Gasteiger partial charge in [-0.25, -0.2) is 0 Å². The van der Waals surface area contributed by atoms with E-state index in [4.69, 9.17) is 0 Å². The molecule has 0 aliphatic rings. The summed E-state index contributed by atoms with van der Waals surface area (Å²) in [5.74, 6) is 0.417. The molecule has 0 unspecified atom stereocenters. The standard InChI is InChI=1S/C27H29N3O/c1-18(2)22-9-11-23(12-10-22)20(4)29-27(31)24-13-14-25-16-28-30(26(25)15-24)17-21-7-5-19(3)6-8-21/h5-16,18,20H,17H2,1-4H3,(H,29,31)/t20-/m1/s1. The van der Waals surface area contributed by atoms with Crippen molar-refractivity contribution in [1.82, 2.24) is 15.1 Å². The number of hydrogen-bond acceptors (Lipinski definition) is 2. The minimum Gasteiger partial charge on any atom is -0.346 e. The van der Waals surface area contributed by atoms with Gasteiger partial charge in [-0.2, -0.15) is 5.10 Å². The number of nitrogens with zero attached hydrogens (tertiary/aromatic N) is 2. The Morgan fingerprint density at radius 1 is 0.935 bits per heavy atom. The summed E-state index contributed by atoms with van der Waals surface area (Å²) in [5, 5.41) is 8.68. The first-order chi connectivity index (χ1) is 14.9. The van der Waals surface area contributed by atoms with Crippen LogP contribution >= 0.6 is 0 Å². The molecule has 0 spiro atoms. The third kappa shape index (κ3) is 4.69. The Morgan fingerprint density at radius 2 is 1.61 bits per heavy atom. The molecule has 0 saturated carbocycles. The van der Waals surface area contributed by atoms with E-state index in [0.717, 1.165) is 16.5 Å². The number of carbonyl (C=O) groups excluding carboxylic acids is 1. The van der Waals surface area contributed by atoms with Gasteiger partial charge >= 0.3 is 0 Å². The lowest BCUT2D eigenvalue weighted by Gasteiger charge is -2.16. The highest BCUT2D eigenvalue weighted by molar-refractivity contribution is 5.98. The molecule has 0 aliphatic heterocycles. The highest BCUT2D eigenvalue weighted by Gasteiger charge is 2.14. The van der Waals surface area contributed by atoms with Crippen molar-refractivity contribution in [2.75, 3.05) is 0 Å². The van der Waals surface area contributed by atoms with Crippen LogP contribution in [0.15, 0.2) is 72.9 Å². The molecular weight excluding hydrogens is 382 g/mol. The van der Waals surface area contributed by atoms with Crippen LogP contribution in [0.3, 0.4) is 0 Å². The van der Waals surface area contributed by atoms with Gasteiger partial charge in [0.15, 0.2) is 0 Å². The minimum absolute atomic E-state index is 0.0677. The van der Waals surface area contributed by atoms with Crippen molar-refractivity contribution in [3.05, 3.63) is 101 Å². The molecule has 0 bridgehead atoms. The highest BCUT2D eigenvalue weighted by Crippen LogP contribution is 2.21. The molecule has 4 rings (SSSR count). The van der Waals surface area contributed by atoms with Crippen molar-refractivity contribution in [2.24, 2.45) is 0 Å².